The molecule has 0 amide bonds. The van der Waals surface area contributed by atoms with E-state index in [1.165, 1.54) is 0 Å². The number of rotatable bonds is 7. The highest BCUT2D eigenvalue weighted by Gasteiger charge is 2.12. The smallest absolute Gasteiger partial charge is 0.203 e. The van der Waals surface area contributed by atoms with Crippen LogP contribution in [0.3, 0.4) is 0 Å². The minimum Gasteiger partial charge on any atom is -0.504 e. The Kier molecular flexibility index (Phi) is 5.95. The fourth-order valence-electron chi connectivity index (χ4n) is 2.31. The Bertz CT molecular complexity index is 697. The van der Waals surface area contributed by atoms with Gasteiger partial charge in [0.1, 0.15) is 0 Å². The maximum absolute atomic E-state index is 9.94. The summed E-state index contributed by atoms with van der Waals surface area (Å²) in [4.78, 5) is 0. The van der Waals surface area contributed by atoms with Gasteiger partial charge in [-0.25, -0.2) is 0 Å². The van der Waals surface area contributed by atoms with Crippen LogP contribution in [0, 0.1) is 0 Å². The van der Waals surface area contributed by atoms with Gasteiger partial charge >= 0.3 is 0 Å². The molecule has 2 aromatic rings. The molecular formula is C19H22O5. The van der Waals surface area contributed by atoms with Crippen molar-refractivity contribution in [2.75, 3.05) is 27.9 Å². The molecular weight excluding hydrogens is 308 g/mol. The van der Waals surface area contributed by atoms with Crippen molar-refractivity contribution in [2.24, 2.45) is 0 Å². The van der Waals surface area contributed by atoms with Crippen LogP contribution in [0.25, 0.3) is 12.2 Å². The molecule has 2 aromatic carbocycles. The van der Waals surface area contributed by atoms with E-state index >= 15 is 0 Å². The van der Waals surface area contributed by atoms with Crippen LogP contribution in [0.4, 0.5) is 0 Å². The minimum atomic E-state index is 0.115. The summed E-state index contributed by atoms with van der Waals surface area (Å²) >= 11 is 0. The number of hydrogen-bond donors (Lipinski definition) is 1. The topological polar surface area (TPSA) is 57.2 Å². The lowest BCUT2D eigenvalue weighted by Crippen LogP contribution is -1.95. The second kappa shape index (κ2) is 8.15. The zero-order chi connectivity index (χ0) is 17.5. The van der Waals surface area contributed by atoms with Gasteiger partial charge in [0.25, 0.3) is 0 Å². The predicted molar refractivity (Wildman–Crippen MR) is 94.3 cm³/mol. The summed E-state index contributed by atoms with van der Waals surface area (Å²) in [5.74, 6) is 2.32. The molecule has 0 saturated carbocycles. The molecule has 5 heteroatoms. The van der Waals surface area contributed by atoms with Crippen molar-refractivity contribution < 1.29 is 24.1 Å². The molecule has 5 nitrogen and oxygen atoms in total. The lowest BCUT2D eigenvalue weighted by Gasteiger charge is -2.12. The highest BCUT2D eigenvalue weighted by atomic mass is 16.5. The fraction of sp³-hybridized carbons (Fsp3) is 0.263. The van der Waals surface area contributed by atoms with Gasteiger partial charge in [0, 0.05) is 0 Å². The molecule has 0 fully saturated rings. The Hall–Kier alpha value is -2.82. The van der Waals surface area contributed by atoms with E-state index in [4.69, 9.17) is 18.9 Å². The molecule has 0 atom stereocenters. The Morgan fingerprint density at radius 2 is 1.46 bits per heavy atom. The third kappa shape index (κ3) is 3.93. The average molecular weight is 330 g/mol. The summed E-state index contributed by atoms with van der Waals surface area (Å²) in [6, 6.07) is 8.98. The summed E-state index contributed by atoms with van der Waals surface area (Å²) in [6.07, 6.45) is 3.79. The van der Waals surface area contributed by atoms with Gasteiger partial charge in [0.05, 0.1) is 27.9 Å². The average Bonchev–Trinajstić information content (AvgIpc) is 2.61. The van der Waals surface area contributed by atoms with Crippen molar-refractivity contribution in [1.82, 2.24) is 0 Å². The Morgan fingerprint density at radius 3 is 1.96 bits per heavy atom. The van der Waals surface area contributed by atoms with Gasteiger partial charge in [-0.3, -0.25) is 0 Å². The van der Waals surface area contributed by atoms with Crippen LogP contribution < -0.4 is 18.9 Å². The number of hydrogen-bond acceptors (Lipinski definition) is 5. The minimum absolute atomic E-state index is 0.115. The molecule has 0 aliphatic rings. The lowest BCUT2D eigenvalue weighted by atomic mass is 10.1. The first-order chi connectivity index (χ1) is 11.6. The quantitative estimate of drug-likeness (QED) is 0.778. The van der Waals surface area contributed by atoms with Crippen molar-refractivity contribution in [3.63, 3.8) is 0 Å². The maximum atomic E-state index is 9.94. The van der Waals surface area contributed by atoms with Crippen LogP contribution in [0.15, 0.2) is 30.3 Å². The number of benzene rings is 2. The molecule has 0 saturated heterocycles. The van der Waals surface area contributed by atoms with Gasteiger partial charge < -0.3 is 24.1 Å². The molecule has 128 valence electrons. The lowest BCUT2D eigenvalue weighted by molar-refractivity contribution is 0.318. The molecule has 0 aromatic heterocycles. The van der Waals surface area contributed by atoms with Gasteiger partial charge in [-0.15, -0.1) is 0 Å². The fourth-order valence-corrected chi connectivity index (χ4v) is 2.31. The predicted octanol–water partition coefficient (Wildman–Crippen LogP) is 3.99. The summed E-state index contributed by atoms with van der Waals surface area (Å²) in [6.45, 7) is 2.38. The van der Waals surface area contributed by atoms with E-state index in [2.05, 4.69) is 0 Å². The first-order valence-electron chi connectivity index (χ1n) is 7.56. The van der Waals surface area contributed by atoms with Gasteiger partial charge in [-0.1, -0.05) is 18.2 Å². The van der Waals surface area contributed by atoms with E-state index in [-0.39, 0.29) is 5.75 Å². The van der Waals surface area contributed by atoms with E-state index in [9.17, 15) is 5.11 Å². The van der Waals surface area contributed by atoms with Crippen LogP contribution in [-0.2, 0) is 0 Å². The van der Waals surface area contributed by atoms with E-state index in [0.717, 1.165) is 11.1 Å². The molecule has 2 rings (SSSR count). The zero-order valence-corrected chi connectivity index (χ0v) is 14.3. The molecule has 0 heterocycles. The van der Waals surface area contributed by atoms with Gasteiger partial charge in [-0.05, 0) is 42.3 Å². The largest absolute Gasteiger partial charge is 0.504 e. The first kappa shape index (κ1) is 17.5. The number of methoxy groups -OCH3 is 3. The van der Waals surface area contributed by atoms with E-state index in [1.807, 2.05) is 37.3 Å². The summed E-state index contributed by atoms with van der Waals surface area (Å²) in [5, 5.41) is 9.94. The van der Waals surface area contributed by atoms with Crippen LogP contribution in [0.2, 0.25) is 0 Å². The summed E-state index contributed by atoms with van der Waals surface area (Å²) in [7, 11) is 4.73. The second-order valence-electron chi connectivity index (χ2n) is 4.95. The molecule has 0 unspecified atom stereocenters. The van der Waals surface area contributed by atoms with Crippen molar-refractivity contribution in [1.29, 1.82) is 0 Å². The normalized spacial score (nSPS) is 10.7. The second-order valence-corrected chi connectivity index (χ2v) is 4.95. The number of phenols is 1. The third-order valence-electron chi connectivity index (χ3n) is 3.44. The Balaban J connectivity index is 2.30. The molecule has 1 N–H and O–H groups in total. The van der Waals surface area contributed by atoms with Gasteiger partial charge in [0.15, 0.2) is 23.0 Å². The van der Waals surface area contributed by atoms with Crippen molar-refractivity contribution in [2.45, 2.75) is 6.92 Å². The van der Waals surface area contributed by atoms with Gasteiger partial charge in [-0.2, -0.15) is 0 Å². The van der Waals surface area contributed by atoms with Crippen molar-refractivity contribution in [3.8, 4) is 28.7 Å². The van der Waals surface area contributed by atoms with Crippen molar-refractivity contribution >= 4 is 12.2 Å². The maximum Gasteiger partial charge on any atom is 0.203 e. The number of phenolic OH excluding ortho intramolecular Hbond substituents is 1. The van der Waals surface area contributed by atoms with Crippen LogP contribution in [0.1, 0.15) is 18.1 Å². The highest BCUT2D eigenvalue weighted by Crippen LogP contribution is 2.38. The monoisotopic (exact) mass is 330 g/mol. The standard InChI is InChI=1S/C19H22O5/c1-5-24-16-9-8-13(10-15(16)20)6-7-14-11-17(21-2)19(23-4)18(12-14)22-3/h6-12,20H,5H2,1-4H3. The highest BCUT2D eigenvalue weighted by molar-refractivity contribution is 5.73. The third-order valence-corrected chi connectivity index (χ3v) is 3.44. The molecule has 0 radical (unpaired) electrons. The zero-order valence-electron chi connectivity index (χ0n) is 14.3. The molecule has 0 spiro atoms. The van der Waals surface area contributed by atoms with E-state index in [0.29, 0.717) is 29.6 Å². The Morgan fingerprint density at radius 1 is 0.833 bits per heavy atom. The van der Waals surface area contributed by atoms with E-state index in [1.54, 1.807) is 33.5 Å². The van der Waals surface area contributed by atoms with Crippen LogP contribution in [0.5, 0.6) is 28.7 Å². The van der Waals surface area contributed by atoms with Crippen LogP contribution >= 0.6 is 0 Å². The van der Waals surface area contributed by atoms with Crippen LogP contribution in [-0.4, -0.2) is 33.0 Å². The summed E-state index contributed by atoms with van der Waals surface area (Å²) in [5.41, 5.74) is 1.74. The van der Waals surface area contributed by atoms with E-state index < -0.39 is 0 Å². The summed E-state index contributed by atoms with van der Waals surface area (Å²) < 4.78 is 21.3. The van der Waals surface area contributed by atoms with Crippen molar-refractivity contribution in [3.05, 3.63) is 41.5 Å². The SMILES string of the molecule is CCOc1ccc(C=Cc2cc(OC)c(OC)c(OC)c2)cc1O. The number of aromatic hydroxyl groups is 1. The molecule has 0 bridgehead atoms. The molecule has 24 heavy (non-hydrogen) atoms. The first-order valence-corrected chi connectivity index (χ1v) is 7.56. The van der Waals surface area contributed by atoms with Gasteiger partial charge in [0.2, 0.25) is 5.75 Å². The Labute approximate surface area is 142 Å². The molecule has 0 aliphatic carbocycles. The number of ether oxygens (including phenoxy) is 4. The molecule has 0 aliphatic heterocycles.